The highest BCUT2D eigenvalue weighted by Gasteiger charge is 2.28. The Labute approximate surface area is 456 Å². The third-order valence-electron chi connectivity index (χ3n) is 11.3. The summed E-state index contributed by atoms with van der Waals surface area (Å²) in [5.74, 6) is -1.65. The Morgan fingerprint density at radius 1 is 0.696 bits per heavy atom. The van der Waals surface area contributed by atoms with Crippen molar-refractivity contribution in [1.29, 1.82) is 5.26 Å². The Kier molecular flexibility index (Phi) is 16.2. The van der Waals surface area contributed by atoms with Gasteiger partial charge in [0.25, 0.3) is 50.6 Å². The molecule has 8 rings (SSSR count). The summed E-state index contributed by atoms with van der Waals surface area (Å²) in [5, 5.41) is 46.3. The van der Waals surface area contributed by atoms with E-state index in [-0.39, 0.29) is 97.1 Å². The van der Waals surface area contributed by atoms with Crippen molar-refractivity contribution >= 4 is 145 Å². The number of nitrogens with zero attached hydrogens (tertiary/aromatic N) is 10. The molecule has 0 radical (unpaired) electrons. The van der Waals surface area contributed by atoms with Crippen molar-refractivity contribution in [3.63, 3.8) is 0 Å². The van der Waals surface area contributed by atoms with Crippen LogP contribution in [0.1, 0.15) is 29.5 Å². The summed E-state index contributed by atoms with van der Waals surface area (Å²) >= 11 is 1.60. The van der Waals surface area contributed by atoms with Crippen molar-refractivity contribution in [2.24, 2.45) is 30.7 Å². The number of aromatic hydroxyl groups is 1. The van der Waals surface area contributed by atoms with E-state index in [0.717, 1.165) is 17.8 Å². The molecule has 6 N–H and O–H groups in total. The summed E-state index contributed by atoms with van der Waals surface area (Å²) in [5.41, 5.74) is 1.38. The lowest BCUT2D eigenvalue weighted by atomic mass is 10.1. The standard InChI is InChI=1S/C44H38N10O18S7/c1-22-14-32(51-49-30-19-35(72-10-6-12-75(56,57)58)31(18-34(30)71-3)50-52-39-23(2)27(21-45)42-46-28-8-4-5-9-33(28)54(42)43(39)55)36(73-11-7-13-76(59,60)61)20-29(22)48-53-44-47-40-38(79(68,69)70)17-25-26(41(40)74-44)15-24(77(62,63)64)16-37(25)78(65,66)67/h4-5,8-9,14-20,55H,6-7,10-13H2,1-3H3,(H,56,57,58)(H,59,60,61)(H,62,63,64)(H,65,66,67)(H,68,69,70). The maximum absolute atomic E-state index is 12.6. The van der Waals surface area contributed by atoms with Gasteiger partial charge >= 0.3 is 0 Å². The Balaban J connectivity index is 1.20. The molecular formula is C44H38N10O18S7. The lowest BCUT2D eigenvalue weighted by Crippen LogP contribution is -2.08. The Morgan fingerprint density at radius 3 is 1.99 bits per heavy atom. The maximum Gasteiger partial charge on any atom is 0.296 e. The van der Waals surface area contributed by atoms with Gasteiger partial charge in [-0.15, -0.1) is 42.4 Å². The van der Waals surface area contributed by atoms with Crippen LogP contribution in [-0.2, 0) is 50.6 Å². The van der Waals surface area contributed by atoms with Gasteiger partial charge in [0, 0.05) is 33.4 Å². The predicted octanol–water partition coefficient (Wildman–Crippen LogP) is 9.47. The quantitative estimate of drug-likeness (QED) is 0.0179. The summed E-state index contributed by atoms with van der Waals surface area (Å²) in [6.45, 7) is 2.82. The van der Waals surface area contributed by atoms with E-state index in [9.17, 15) is 75.2 Å². The van der Waals surface area contributed by atoms with Crippen LogP contribution in [0.3, 0.4) is 0 Å². The molecule has 0 aliphatic rings. The largest absolute Gasteiger partial charge is 0.494 e. The first-order valence-corrected chi connectivity index (χ1v) is 31.4. The number of thiazole rings is 1. The second-order valence-electron chi connectivity index (χ2n) is 16.7. The number of methoxy groups -OCH3 is 1. The zero-order valence-corrected chi connectivity index (χ0v) is 46.2. The van der Waals surface area contributed by atoms with Crippen LogP contribution in [0, 0.1) is 25.2 Å². The fourth-order valence-corrected chi connectivity index (χ4v) is 12.8. The molecule has 0 aliphatic heterocycles. The van der Waals surface area contributed by atoms with E-state index in [2.05, 4.69) is 46.7 Å². The number of benzene rings is 5. The smallest absolute Gasteiger partial charge is 0.296 e. The summed E-state index contributed by atoms with van der Waals surface area (Å²) in [4.78, 5) is 5.85. The van der Waals surface area contributed by atoms with Gasteiger partial charge in [0.1, 0.15) is 49.8 Å². The van der Waals surface area contributed by atoms with Crippen LogP contribution in [-0.4, -0.2) is 115 Å². The third kappa shape index (κ3) is 13.0. The monoisotopic (exact) mass is 1220 g/mol. The van der Waals surface area contributed by atoms with Crippen molar-refractivity contribution in [1.82, 2.24) is 14.4 Å². The molecule has 5 aromatic carbocycles. The molecule has 0 aliphatic carbocycles. The minimum atomic E-state index is -5.30. The van der Waals surface area contributed by atoms with Crippen LogP contribution in [0.2, 0.25) is 0 Å². The number of rotatable bonds is 20. The van der Waals surface area contributed by atoms with Gasteiger partial charge in [0.05, 0.1) is 57.2 Å². The van der Waals surface area contributed by atoms with Gasteiger partial charge < -0.3 is 14.6 Å². The summed E-state index contributed by atoms with van der Waals surface area (Å²) in [6, 6.07) is 16.4. The van der Waals surface area contributed by atoms with E-state index < -0.39 is 93.6 Å². The molecule has 28 nitrogen and oxygen atoms in total. The van der Waals surface area contributed by atoms with E-state index in [1.165, 1.54) is 42.7 Å². The molecular weight excluding hydrogens is 1180 g/mol. The van der Waals surface area contributed by atoms with Crippen molar-refractivity contribution in [2.45, 2.75) is 46.3 Å². The van der Waals surface area contributed by atoms with Crippen molar-refractivity contribution in [3.8, 4) is 23.4 Å². The number of azo groups is 3. The van der Waals surface area contributed by atoms with E-state index >= 15 is 0 Å². The summed E-state index contributed by atoms with van der Waals surface area (Å²) in [6.07, 6.45) is -0.240. The van der Waals surface area contributed by atoms with Crippen molar-refractivity contribution in [2.75, 3.05) is 31.0 Å². The fourth-order valence-electron chi connectivity index (χ4n) is 7.71. The Morgan fingerprint density at radius 2 is 1.33 bits per heavy atom. The molecule has 0 saturated heterocycles. The summed E-state index contributed by atoms with van der Waals surface area (Å²) in [7, 11) is -23.1. The van der Waals surface area contributed by atoms with Gasteiger partial charge in [0.15, 0.2) is 11.3 Å². The van der Waals surface area contributed by atoms with Gasteiger partial charge in [-0.1, -0.05) is 23.5 Å². The number of para-hydroxylation sites is 2. The number of fused-ring (bicyclic) bond motifs is 6. The first-order chi connectivity index (χ1) is 37.0. The molecule has 0 bridgehead atoms. The molecule has 3 heterocycles. The van der Waals surface area contributed by atoms with Crippen LogP contribution >= 0.6 is 23.1 Å². The molecule has 0 spiro atoms. The van der Waals surface area contributed by atoms with E-state index in [0.29, 0.717) is 45.0 Å². The lowest BCUT2D eigenvalue weighted by molar-refractivity contribution is 0.316. The molecule has 8 aromatic rings. The van der Waals surface area contributed by atoms with Crippen LogP contribution in [0.4, 0.5) is 33.6 Å². The molecule has 414 valence electrons. The number of hydrogen-bond acceptors (Lipinski definition) is 24. The van der Waals surface area contributed by atoms with Gasteiger partial charge in [-0.2, -0.15) is 47.4 Å². The first-order valence-electron chi connectivity index (χ1n) is 22.1. The van der Waals surface area contributed by atoms with Crippen LogP contribution in [0.5, 0.6) is 17.4 Å². The highest BCUT2D eigenvalue weighted by Crippen LogP contribution is 2.46. The molecule has 79 heavy (non-hydrogen) atoms. The van der Waals surface area contributed by atoms with Crippen molar-refractivity contribution < 1.29 is 79.4 Å². The topological polar surface area (TPSA) is 439 Å². The molecule has 3 aromatic heterocycles. The Bertz CT molecular complexity index is 4580. The second-order valence-corrected chi connectivity index (χ2v) is 26.2. The SMILES string of the molecule is COc1cc(N=Nc2c(C)c(C#N)c3nc4ccccc4n3c2O)c(OCCCS(=O)(=O)O)cc1N=Nc1cc(C)c(N=Nc2nc3c(S(=O)(=O)O)cc4c(S(=O)(=O)O)cc(S(=O)(=O)O)cc4c3s2)cc1SCCCS(=O)(=O)O. The number of nitriles is 1. The zero-order valence-electron chi connectivity index (χ0n) is 40.5. The lowest BCUT2D eigenvalue weighted by Gasteiger charge is -2.13. The first kappa shape index (κ1) is 58.0. The molecule has 0 atom stereocenters. The fraction of sp³-hybridized carbons (Fsp3) is 0.205. The second kappa shape index (κ2) is 22.1. The molecule has 0 unspecified atom stereocenters. The minimum Gasteiger partial charge on any atom is -0.494 e. The number of pyridine rings is 1. The number of imidazole rings is 1. The number of hydrogen-bond donors (Lipinski definition) is 6. The molecule has 0 fully saturated rings. The molecule has 0 amide bonds. The highest BCUT2D eigenvalue weighted by molar-refractivity contribution is 7.99. The van der Waals surface area contributed by atoms with Crippen LogP contribution in [0.15, 0.2) is 117 Å². The Hall–Kier alpha value is -7.21. The third-order valence-corrected chi connectivity index (χ3v) is 17.6. The molecule has 0 saturated carbocycles. The van der Waals surface area contributed by atoms with E-state index in [1.807, 2.05) is 0 Å². The number of ether oxygens (including phenoxy) is 2. The normalized spacial score (nSPS) is 13.1. The maximum atomic E-state index is 12.6. The van der Waals surface area contributed by atoms with E-state index in [1.54, 1.807) is 31.2 Å². The predicted molar refractivity (Wildman–Crippen MR) is 285 cm³/mol. The van der Waals surface area contributed by atoms with Gasteiger partial charge in [-0.3, -0.25) is 27.2 Å². The van der Waals surface area contributed by atoms with Crippen LogP contribution in [0.25, 0.3) is 37.7 Å². The average molecular weight is 1220 g/mol. The van der Waals surface area contributed by atoms with Gasteiger partial charge in [-0.05, 0) is 80.5 Å². The van der Waals surface area contributed by atoms with Gasteiger partial charge in [-0.25, -0.2) is 9.97 Å². The van der Waals surface area contributed by atoms with E-state index in [4.69, 9.17) is 9.47 Å². The minimum absolute atomic E-state index is 0.00731. The average Bonchev–Trinajstić information content (AvgIpc) is 4.21. The summed E-state index contributed by atoms with van der Waals surface area (Å²) < 4.78 is 182. The highest BCUT2D eigenvalue weighted by atomic mass is 32.2. The number of aryl methyl sites for hydroxylation is 1. The molecule has 35 heteroatoms. The van der Waals surface area contributed by atoms with Crippen molar-refractivity contribution in [3.05, 3.63) is 83.4 Å². The number of aromatic nitrogens is 3. The zero-order chi connectivity index (χ0) is 57.6. The number of thioether (sulfide) groups is 1. The van der Waals surface area contributed by atoms with Gasteiger partial charge in [0.2, 0.25) is 11.0 Å². The van der Waals surface area contributed by atoms with Crippen LogP contribution < -0.4 is 9.47 Å².